The largest absolute Gasteiger partial charge is 0.0885 e. The van der Waals surface area contributed by atoms with Crippen LogP contribution in [0.25, 0.3) is 0 Å². The maximum atomic E-state index is 2.40. The normalized spacial score (nSPS) is 28.1. The second-order valence-corrected chi connectivity index (χ2v) is 5.59. The first-order valence-corrected chi connectivity index (χ1v) is 7.10. The molecule has 0 radical (unpaired) electrons. The first kappa shape index (κ1) is 11.2. The van der Waals surface area contributed by atoms with Gasteiger partial charge in [-0.3, -0.25) is 0 Å². The van der Waals surface area contributed by atoms with Gasteiger partial charge < -0.3 is 0 Å². The van der Waals surface area contributed by atoms with E-state index in [9.17, 15) is 0 Å². The van der Waals surface area contributed by atoms with Crippen LogP contribution < -0.4 is 0 Å². The van der Waals surface area contributed by atoms with Crippen molar-refractivity contribution in [2.45, 2.75) is 70.6 Å². The van der Waals surface area contributed by atoms with E-state index < -0.39 is 0 Å². The van der Waals surface area contributed by atoms with Crippen LogP contribution in [-0.2, 0) is 0 Å². The Labute approximate surface area is 95.1 Å². The van der Waals surface area contributed by atoms with Crippen LogP contribution in [0.2, 0.25) is 0 Å². The third kappa shape index (κ3) is 4.01. The Bertz CT molecular complexity index is 186. The van der Waals surface area contributed by atoms with Gasteiger partial charge in [0.2, 0.25) is 0 Å². The van der Waals surface area contributed by atoms with Gasteiger partial charge in [0.05, 0.1) is 0 Å². The van der Waals surface area contributed by atoms with Crippen LogP contribution >= 0.6 is 0 Å². The Balaban J connectivity index is 1.55. The molecule has 0 amide bonds. The van der Waals surface area contributed by atoms with E-state index in [2.05, 4.69) is 12.2 Å². The molecule has 0 aliphatic heterocycles. The van der Waals surface area contributed by atoms with Gasteiger partial charge in [0.25, 0.3) is 0 Å². The van der Waals surface area contributed by atoms with Crippen LogP contribution in [0.1, 0.15) is 70.6 Å². The fraction of sp³-hybridized carbons (Fsp3) is 0.867. The van der Waals surface area contributed by atoms with Gasteiger partial charge in [-0.1, -0.05) is 63.5 Å². The number of hydrogen-bond acceptors (Lipinski definition) is 0. The Morgan fingerprint density at radius 1 is 0.800 bits per heavy atom. The fourth-order valence-electron chi connectivity index (χ4n) is 3.29. The van der Waals surface area contributed by atoms with Crippen molar-refractivity contribution in [3.63, 3.8) is 0 Å². The van der Waals surface area contributed by atoms with Crippen LogP contribution in [0.5, 0.6) is 0 Å². The molecule has 0 bridgehead atoms. The lowest BCUT2D eigenvalue weighted by molar-refractivity contribution is 0.314. The van der Waals surface area contributed by atoms with Gasteiger partial charge >= 0.3 is 0 Å². The lowest BCUT2D eigenvalue weighted by Crippen LogP contribution is -2.08. The molecule has 0 nitrogen and oxygen atoms in total. The topological polar surface area (TPSA) is 0 Å². The molecular weight excluding hydrogens is 180 g/mol. The zero-order chi connectivity index (χ0) is 10.3. The summed E-state index contributed by atoms with van der Waals surface area (Å²) in [6.07, 6.45) is 21.0. The molecule has 0 heterocycles. The van der Waals surface area contributed by atoms with E-state index in [0.29, 0.717) is 0 Å². The summed E-state index contributed by atoms with van der Waals surface area (Å²) < 4.78 is 0. The van der Waals surface area contributed by atoms with Gasteiger partial charge in [-0.25, -0.2) is 0 Å². The van der Waals surface area contributed by atoms with Crippen LogP contribution in [-0.4, -0.2) is 0 Å². The van der Waals surface area contributed by atoms with E-state index in [4.69, 9.17) is 0 Å². The summed E-state index contributed by atoms with van der Waals surface area (Å²) in [5.74, 6) is 2.12. The summed E-state index contributed by atoms with van der Waals surface area (Å²) in [6.45, 7) is 0. The Morgan fingerprint density at radius 3 is 2.33 bits per heavy atom. The highest BCUT2D eigenvalue weighted by molar-refractivity contribution is 4.89. The monoisotopic (exact) mass is 206 g/mol. The molecule has 0 aromatic rings. The maximum absolute atomic E-state index is 2.40. The highest BCUT2D eigenvalue weighted by atomic mass is 14.2. The summed E-state index contributed by atoms with van der Waals surface area (Å²) in [4.78, 5) is 0. The Kier molecular flexibility index (Phi) is 4.76. The molecule has 1 atom stereocenters. The summed E-state index contributed by atoms with van der Waals surface area (Å²) in [7, 11) is 0. The first-order valence-electron chi connectivity index (χ1n) is 7.10. The van der Waals surface area contributed by atoms with Crippen molar-refractivity contribution < 1.29 is 0 Å². The average molecular weight is 206 g/mol. The van der Waals surface area contributed by atoms with E-state index in [1.54, 1.807) is 0 Å². The summed E-state index contributed by atoms with van der Waals surface area (Å²) >= 11 is 0. The highest BCUT2D eigenvalue weighted by Crippen LogP contribution is 2.30. The van der Waals surface area contributed by atoms with Gasteiger partial charge in [0.15, 0.2) is 0 Å². The van der Waals surface area contributed by atoms with E-state index in [-0.39, 0.29) is 0 Å². The van der Waals surface area contributed by atoms with Crippen molar-refractivity contribution in [3.05, 3.63) is 12.2 Å². The second kappa shape index (κ2) is 6.35. The molecule has 15 heavy (non-hydrogen) atoms. The van der Waals surface area contributed by atoms with Crippen molar-refractivity contribution in [1.29, 1.82) is 0 Å². The van der Waals surface area contributed by atoms with E-state index in [1.807, 2.05) is 0 Å². The second-order valence-electron chi connectivity index (χ2n) is 5.59. The molecule has 0 aromatic carbocycles. The van der Waals surface area contributed by atoms with Crippen molar-refractivity contribution in [1.82, 2.24) is 0 Å². The molecule has 2 aliphatic carbocycles. The third-order valence-corrected chi connectivity index (χ3v) is 4.33. The fourth-order valence-corrected chi connectivity index (χ4v) is 3.29. The van der Waals surface area contributed by atoms with Crippen LogP contribution in [0.3, 0.4) is 0 Å². The van der Waals surface area contributed by atoms with E-state index in [1.165, 1.54) is 70.6 Å². The molecular formula is C15H26. The minimum atomic E-state index is 1.03. The molecule has 2 aliphatic rings. The molecule has 1 saturated carbocycles. The maximum Gasteiger partial charge on any atom is -0.0322 e. The molecule has 0 spiro atoms. The van der Waals surface area contributed by atoms with Gasteiger partial charge in [0, 0.05) is 0 Å². The molecule has 0 N–H and O–H groups in total. The lowest BCUT2D eigenvalue weighted by atomic mass is 9.83. The molecule has 86 valence electrons. The smallest absolute Gasteiger partial charge is 0.0322 e. The minimum absolute atomic E-state index is 1.03. The SMILES string of the molecule is C1=CCC(CCCC2CCCCC2)CC1. The number of hydrogen-bond donors (Lipinski definition) is 0. The van der Waals surface area contributed by atoms with E-state index in [0.717, 1.165) is 11.8 Å². The van der Waals surface area contributed by atoms with E-state index >= 15 is 0 Å². The van der Waals surface area contributed by atoms with Crippen molar-refractivity contribution in [2.24, 2.45) is 11.8 Å². The Morgan fingerprint density at radius 2 is 1.60 bits per heavy atom. The predicted molar refractivity (Wildman–Crippen MR) is 66.9 cm³/mol. The standard InChI is InChI=1S/C15H26/c1-3-8-14(9-4-1)12-7-13-15-10-5-2-6-11-15/h1,3,14-15H,2,4-13H2. The van der Waals surface area contributed by atoms with Gasteiger partial charge in [-0.05, 0) is 31.1 Å². The Hall–Kier alpha value is -0.260. The molecule has 0 saturated heterocycles. The van der Waals surface area contributed by atoms with Crippen molar-refractivity contribution >= 4 is 0 Å². The third-order valence-electron chi connectivity index (χ3n) is 4.33. The summed E-state index contributed by atoms with van der Waals surface area (Å²) in [5, 5.41) is 0. The predicted octanol–water partition coefficient (Wildman–Crippen LogP) is 5.09. The molecule has 0 aromatic heterocycles. The minimum Gasteiger partial charge on any atom is -0.0885 e. The van der Waals surface area contributed by atoms with Crippen molar-refractivity contribution in [2.75, 3.05) is 0 Å². The quantitative estimate of drug-likeness (QED) is 0.562. The first-order chi connectivity index (χ1) is 7.45. The summed E-state index contributed by atoms with van der Waals surface area (Å²) in [6, 6.07) is 0. The molecule has 1 unspecified atom stereocenters. The molecule has 0 heteroatoms. The summed E-state index contributed by atoms with van der Waals surface area (Å²) in [5.41, 5.74) is 0. The van der Waals surface area contributed by atoms with Gasteiger partial charge in [-0.2, -0.15) is 0 Å². The zero-order valence-electron chi connectivity index (χ0n) is 10.1. The van der Waals surface area contributed by atoms with Gasteiger partial charge in [-0.15, -0.1) is 0 Å². The average Bonchev–Trinajstić information content (AvgIpc) is 2.32. The molecule has 2 rings (SSSR count). The van der Waals surface area contributed by atoms with Crippen LogP contribution in [0.4, 0.5) is 0 Å². The number of rotatable bonds is 4. The zero-order valence-corrected chi connectivity index (χ0v) is 10.1. The van der Waals surface area contributed by atoms with Gasteiger partial charge in [0.1, 0.15) is 0 Å². The van der Waals surface area contributed by atoms with Crippen LogP contribution in [0.15, 0.2) is 12.2 Å². The van der Waals surface area contributed by atoms with Crippen molar-refractivity contribution in [3.8, 4) is 0 Å². The lowest BCUT2D eigenvalue weighted by Gasteiger charge is -2.23. The molecule has 1 fully saturated rings. The number of allylic oxidation sites excluding steroid dienone is 2. The van der Waals surface area contributed by atoms with Crippen LogP contribution in [0, 0.1) is 11.8 Å². The highest BCUT2D eigenvalue weighted by Gasteiger charge is 2.14.